The van der Waals surface area contributed by atoms with Gasteiger partial charge in [-0.2, -0.15) is 0 Å². The standard InChI is InChI=1S/C17H11ClFN3O3/c18-9-4-3-8(10(19)7-9)6-12-15-13(16(23)25-12)14(21-17(20)22-15)11-2-1-5-24-11/h1-5,7,12H,6H2,(H2,20,21,22). The summed E-state index contributed by atoms with van der Waals surface area (Å²) in [5, 5.41) is 0.289. The summed E-state index contributed by atoms with van der Waals surface area (Å²) in [6.07, 6.45) is 0.800. The molecule has 8 heteroatoms. The van der Waals surface area contributed by atoms with Gasteiger partial charge in [0.2, 0.25) is 5.95 Å². The molecule has 1 aliphatic heterocycles. The first kappa shape index (κ1) is 15.6. The van der Waals surface area contributed by atoms with Crippen molar-refractivity contribution in [1.29, 1.82) is 0 Å². The average molecular weight is 360 g/mol. The number of fused-ring (bicyclic) bond motifs is 1. The second-order valence-electron chi connectivity index (χ2n) is 5.50. The third-order valence-corrected chi connectivity index (χ3v) is 4.12. The highest BCUT2D eigenvalue weighted by Gasteiger charge is 2.37. The second-order valence-corrected chi connectivity index (χ2v) is 5.94. The van der Waals surface area contributed by atoms with E-state index in [1.807, 2.05) is 0 Å². The van der Waals surface area contributed by atoms with E-state index in [-0.39, 0.29) is 28.6 Å². The Labute approximate surface area is 146 Å². The fraction of sp³-hybridized carbons (Fsp3) is 0.118. The molecule has 0 saturated heterocycles. The first-order valence-corrected chi connectivity index (χ1v) is 7.77. The molecule has 126 valence electrons. The highest BCUT2D eigenvalue weighted by atomic mass is 35.5. The van der Waals surface area contributed by atoms with Gasteiger partial charge >= 0.3 is 5.97 Å². The van der Waals surface area contributed by atoms with Crippen molar-refractivity contribution in [3.8, 4) is 11.5 Å². The third-order valence-electron chi connectivity index (χ3n) is 3.89. The van der Waals surface area contributed by atoms with Gasteiger partial charge in [-0.05, 0) is 29.8 Å². The minimum atomic E-state index is -0.766. The summed E-state index contributed by atoms with van der Waals surface area (Å²) in [5.74, 6) is -0.725. The molecule has 4 rings (SSSR count). The zero-order valence-electron chi connectivity index (χ0n) is 12.7. The number of carbonyl (C=O) groups excluding carboxylic acids is 1. The van der Waals surface area contributed by atoms with E-state index in [1.54, 1.807) is 24.3 Å². The van der Waals surface area contributed by atoms with Crippen LogP contribution in [0.1, 0.15) is 27.7 Å². The van der Waals surface area contributed by atoms with Crippen LogP contribution in [0, 0.1) is 5.82 Å². The number of nitrogen functional groups attached to an aromatic ring is 1. The molecule has 1 unspecified atom stereocenters. The maximum Gasteiger partial charge on any atom is 0.343 e. The maximum atomic E-state index is 14.1. The first-order valence-electron chi connectivity index (χ1n) is 7.39. The molecule has 2 N–H and O–H groups in total. The fourth-order valence-corrected chi connectivity index (χ4v) is 2.95. The summed E-state index contributed by atoms with van der Waals surface area (Å²) in [4.78, 5) is 20.6. The third kappa shape index (κ3) is 2.72. The van der Waals surface area contributed by atoms with Crippen LogP contribution in [-0.2, 0) is 11.2 Å². The van der Waals surface area contributed by atoms with Crippen molar-refractivity contribution in [2.45, 2.75) is 12.5 Å². The van der Waals surface area contributed by atoms with E-state index in [0.29, 0.717) is 17.0 Å². The van der Waals surface area contributed by atoms with E-state index in [1.165, 1.54) is 12.3 Å². The van der Waals surface area contributed by atoms with Crippen molar-refractivity contribution in [2.24, 2.45) is 0 Å². The molecule has 3 aromatic rings. The fourth-order valence-electron chi connectivity index (χ4n) is 2.79. The number of ether oxygens (including phenoxy) is 1. The smallest absolute Gasteiger partial charge is 0.343 e. The maximum absolute atomic E-state index is 14.1. The number of halogens is 2. The number of hydrogen-bond donors (Lipinski definition) is 1. The van der Waals surface area contributed by atoms with Gasteiger partial charge in [0.15, 0.2) is 5.76 Å². The van der Waals surface area contributed by atoms with E-state index in [4.69, 9.17) is 26.5 Å². The van der Waals surface area contributed by atoms with Gasteiger partial charge in [0, 0.05) is 11.4 Å². The number of aromatic nitrogens is 2. The van der Waals surface area contributed by atoms with Gasteiger partial charge in [-0.3, -0.25) is 0 Å². The molecule has 25 heavy (non-hydrogen) atoms. The second kappa shape index (κ2) is 5.86. The zero-order chi connectivity index (χ0) is 17.6. The quantitative estimate of drug-likeness (QED) is 0.719. The van der Waals surface area contributed by atoms with Crippen molar-refractivity contribution in [2.75, 3.05) is 5.73 Å². The SMILES string of the molecule is Nc1nc(-c2ccco2)c2c(n1)C(Cc1ccc(Cl)cc1F)OC2=O. The number of nitrogens with two attached hydrogens (primary N) is 1. The molecular formula is C17H11ClFN3O3. The Kier molecular flexibility index (Phi) is 3.65. The van der Waals surface area contributed by atoms with E-state index < -0.39 is 17.9 Å². The van der Waals surface area contributed by atoms with Gasteiger partial charge in [0.05, 0.1) is 6.26 Å². The molecule has 0 aliphatic carbocycles. The summed E-state index contributed by atoms with van der Waals surface area (Å²) in [6, 6.07) is 7.64. The summed E-state index contributed by atoms with van der Waals surface area (Å²) < 4.78 is 24.7. The molecule has 3 heterocycles. The van der Waals surface area contributed by atoms with E-state index >= 15 is 0 Å². The van der Waals surface area contributed by atoms with Crippen molar-refractivity contribution in [1.82, 2.24) is 9.97 Å². The lowest BCUT2D eigenvalue weighted by Gasteiger charge is -2.11. The Morgan fingerprint density at radius 2 is 2.12 bits per heavy atom. The number of furan rings is 1. The van der Waals surface area contributed by atoms with Gasteiger partial charge in [0.1, 0.15) is 28.9 Å². The molecule has 0 spiro atoms. The number of anilines is 1. The number of carbonyl (C=O) groups is 1. The lowest BCUT2D eigenvalue weighted by Crippen LogP contribution is -2.08. The highest BCUT2D eigenvalue weighted by molar-refractivity contribution is 6.30. The Bertz CT molecular complexity index is 976. The Hall–Kier alpha value is -2.93. The van der Waals surface area contributed by atoms with Gasteiger partial charge in [-0.15, -0.1) is 0 Å². The van der Waals surface area contributed by atoms with Crippen molar-refractivity contribution < 1.29 is 18.3 Å². The number of esters is 1. The largest absolute Gasteiger partial charge is 0.463 e. The van der Waals surface area contributed by atoms with Crippen LogP contribution in [0.15, 0.2) is 41.0 Å². The predicted octanol–water partition coefficient (Wildman–Crippen LogP) is 3.57. The number of hydrogen-bond acceptors (Lipinski definition) is 6. The zero-order valence-corrected chi connectivity index (χ0v) is 13.5. The number of cyclic esters (lactones) is 1. The Morgan fingerprint density at radius 3 is 2.84 bits per heavy atom. The van der Waals surface area contributed by atoms with E-state index in [9.17, 15) is 9.18 Å². The Morgan fingerprint density at radius 1 is 1.28 bits per heavy atom. The predicted molar refractivity (Wildman–Crippen MR) is 87.4 cm³/mol. The van der Waals surface area contributed by atoms with Gasteiger partial charge in [-0.25, -0.2) is 19.2 Å². The molecule has 0 fully saturated rings. The van der Waals surface area contributed by atoms with Crippen LogP contribution in [0.2, 0.25) is 5.02 Å². The molecule has 0 radical (unpaired) electrons. The number of rotatable bonds is 3. The van der Waals surface area contributed by atoms with Gasteiger partial charge in [0.25, 0.3) is 0 Å². The number of benzene rings is 1. The summed E-state index contributed by atoms with van der Waals surface area (Å²) in [5.41, 5.74) is 6.88. The lowest BCUT2D eigenvalue weighted by molar-refractivity contribution is 0.0381. The van der Waals surface area contributed by atoms with Crippen LogP contribution in [-0.4, -0.2) is 15.9 Å². The van der Waals surface area contributed by atoms with Crippen LogP contribution < -0.4 is 5.73 Å². The van der Waals surface area contributed by atoms with Crippen molar-refractivity contribution >= 4 is 23.5 Å². The monoisotopic (exact) mass is 359 g/mol. The Balaban J connectivity index is 1.77. The number of nitrogens with zero attached hydrogens (tertiary/aromatic N) is 2. The molecule has 1 aromatic carbocycles. The summed E-state index contributed by atoms with van der Waals surface area (Å²) >= 11 is 5.76. The summed E-state index contributed by atoms with van der Waals surface area (Å²) in [7, 11) is 0. The molecule has 1 aliphatic rings. The van der Waals surface area contributed by atoms with Gasteiger partial charge in [-0.1, -0.05) is 17.7 Å². The molecule has 0 saturated carbocycles. The minimum Gasteiger partial charge on any atom is -0.463 e. The molecule has 0 bridgehead atoms. The van der Waals surface area contributed by atoms with Crippen LogP contribution in [0.5, 0.6) is 0 Å². The molecule has 6 nitrogen and oxygen atoms in total. The first-order chi connectivity index (χ1) is 12.0. The van der Waals surface area contributed by atoms with Crippen LogP contribution in [0.25, 0.3) is 11.5 Å². The topological polar surface area (TPSA) is 91.2 Å². The normalized spacial score (nSPS) is 15.9. The molecule has 1 atom stereocenters. The van der Waals surface area contributed by atoms with Crippen molar-refractivity contribution in [3.63, 3.8) is 0 Å². The average Bonchev–Trinajstić information content (AvgIpc) is 3.19. The lowest BCUT2D eigenvalue weighted by atomic mass is 10.0. The summed E-state index contributed by atoms with van der Waals surface area (Å²) in [6.45, 7) is 0. The van der Waals surface area contributed by atoms with E-state index in [0.717, 1.165) is 0 Å². The van der Waals surface area contributed by atoms with Crippen molar-refractivity contribution in [3.05, 3.63) is 64.3 Å². The van der Waals surface area contributed by atoms with Crippen LogP contribution in [0.3, 0.4) is 0 Å². The van der Waals surface area contributed by atoms with Crippen LogP contribution in [0.4, 0.5) is 10.3 Å². The minimum absolute atomic E-state index is 0.0231. The van der Waals surface area contributed by atoms with E-state index in [2.05, 4.69) is 9.97 Å². The molecule has 2 aromatic heterocycles. The molecule has 0 amide bonds. The molecular weight excluding hydrogens is 349 g/mol. The highest BCUT2D eigenvalue weighted by Crippen LogP contribution is 2.37. The van der Waals surface area contributed by atoms with Crippen LogP contribution >= 0.6 is 11.6 Å². The van der Waals surface area contributed by atoms with Gasteiger partial charge < -0.3 is 14.9 Å².